The third-order valence-electron chi connectivity index (χ3n) is 6.70. The molecule has 5 rings (SSSR count). The van der Waals surface area contributed by atoms with Gasteiger partial charge < -0.3 is 14.8 Å². The molecule has 0 spiro atoms. The number of imide groups is 1. The van der Waals surface area contributed by atoms with E-state index in [-0.39, 0.29) is 24.3 Å². The van der Waals surface area contributed by atoms with E-state index in [1.54, 1.807) is 13.3 Å². The van der Waals surface area contributed by atoms with Gasteiger partial charge in [-0.3, -0.25) is 24.7 Å². The van der Waals surface area contributed by atoms with Gasteiger partial charge in [0.25, 0.3) is 5.91 Å². The Hall–Kier alpha value is -3.94. The van der Waals surface area contributed by atoms with Gasteiger partial charge in [-0.25, -0.2) is 9.78 Å². The number of fused-ring (bicyclic) bond motifs is 1. The zero-order valence-corrected chi connectivity index (χ0v) is 20.5. The summed E-state index contributed by atoms with van der Waals surface area (Å²) in [4.78, 5) is 36.0. The first kappa shape index (κ1) is 25.7. The van der Waals surface area contributed by atoms with Gasteiger partial charge in [0.1, 0.15) is 13.2 Å². The lowest BCUT2D eigenvalue weighted by atomic mass is 9.90. The number of aromatic amines is 1. The summed E-state index contributed by atoms with van der Waals surface area (Å²) >= 11 is 0. The molecule has 2 aliphatic rings. The standard InChI is InChI=1S/C24H26F3N7O4/c1-37-6-7-38-22-19-9-16(11-29-21(19)31-32-22)30-15-2-4-17(5-3-15)34-20(35)13-33(23(34)36)18-8-14(10-28-12-18)24(25,26)27/h8-12,15,17,30H,2-7,13H2,1H3,(H,29,31,32). The van der Waals surface area contributed by atoms with Crippen molar-refractivity contribution in [2.24, 2.45) is 0 Å². The van der Waals surface area contributed by atoms with Crippen LogP contribution in [0.25, 0.3) is 11.0 Å². The maximum atomic E-state index is 13.1. The molecule has 0 bridgehead atoms. The van der Waals surface area contributed by atoms with Gasteiger partial charge in [-0.15, -0.1) is 5.10 Å². The highest BCUT2D eigenvalue weighted by molar-refractivity contribution is 6.12. The van der Waals surface area contributed by atoms with Gasteiger partial charge in [0.2, 0.25) is 5.88 Å². The van der Waals surface area contributed by atoms with Crippen LogP contribution in [0, 0.1) is 0 Å². The topological polar surface area (TPSA) is 126 Å². The molecular formula is C24H26F3N7O4. The summed E-state index contributed by atoms with van der Waals surface area (Å²) < 4.78 is 49.9. The molecule has 0 unspecified atom stereocenters. The average Bonchev–Trinajstić information content (AvgIpc) is 3.44. The van der Waals surface area contributed by atoms with E-state index in [0.717, 1.165) is 28.2 Å². The van der Waals surface area contributed by atoms with Crippen LogP contribution in [0.15, 0.2) is 30.7 Å². The van der Waals surface area contributed by atoms with Crippen LogP contribution in [-0.2, 0) is 15.7 Å². The van der Waals surface area contributed by atoms with E-state index in [2.05, 4.69) is 25.5 Å². The first-order chi connectivity index (χ1) is 18.2. The van der Waals surface area contributed by atoms with Gasteiger partial charge in [-0.05, 0) is 37.8 Å². The van der Waals surface area contributed by atoms with Gasteiger partial charge in [-0.2, -0.15) is 13.2 Å². The second-order valence-electron chi connectivity index (χ2n) is 9.20. The van der Waals surface area contributed by atoms with Crippen molar-refractivity contribution >= 4 is 34.3 Å². The first-order valence-corrected chi connectivity index (χ1v) is 12.1. The zero-order valence-electron chi connectivity index (χ0n) is 20.5. The molecule has 3 aromatic heterocycles. The lowest BCUT2D eigenvalue weighted by Gasteiger charge is -2.34. The fourth-order valence-corrected chi connectivity index (χ4v) is 4.81. The number of anilines is 2. The fourth-order valence-electron chi connectivity index (χ4n) is 4.81. The predicted octanol–water partition coefficient (Wildman–Crippen LogP) is 3.59. The maximum absolute atomic E-state index is 13.1. The number of halogens is 3. The molecule has 2 fully saturated rings. The number of hydrogen-bond donors (Lipinski definition) is 2. The Bertz CT molecular complexity index is 1320. The Kier molecular flexibility index (Phi) is 7.06. The number of rotatable bonds is 8. The summed E-state index contributed by atoms with van der Waals surface area (Å²) in [6.07, 6.45) is 1.45. The Morgan fingerprint density at radius 2 is 1.89 bits per heavy atom. The van der Waals surface area contributed by atoms with Crippen LogP contribution in [0.3, 0.4) is 0 Å². The van der Waals surface area contributed by atoms with Crippen LogP contribution < -0.4 is 15.0 Å². The van der Waals surface area contributed by atoms with Crippen molar-refractivity contribution in [3.63, 3.8) is 0 Å². The molecule has 11 nitrogen and oxygen atoms in total. The number of carbonyl (C=O) groups is 2. The second-order valence-corrected chi connectivity index (χ2v) is 9.20. The Morgan fingerprint density at radius 3 is 2.63 bits per heavy atom. The molecule has 0 atom stereocenters. The van der Waals surface area contributed by atoms with Crippen molar-refractivity contribution in [2.45, 2.75) is 43.9 Å². The number of hydrogen-bond acceptors (Lipinski definition) is 8. The normalized spacial score (nSPS) is 20.4. The average molecular weight is 534 g/mol. The lowest BCUT2D eigenvalue weighted by molar-refractivity contribution is -0.137. The van der Waals surface area contributed by atoms with E-state index in [9.17, 15) is 22.8 Å². The van der Waals surface area contributed by atoms with E-state index < -0.39 is 23.7 Å². The van der Waals surface area contributed by atoms with Crippen LogP contribution in [0.1, 0.15) is 31.2 Å². The second kappa shape index (κ2) is 10.4. The number of aromatic nitrogens is 4. The van der Waals surface area contributed by atoms with Gasteiger partial charge >= 0.3 is 12.2 Å². The Balaban J connectivity index is 1.20. The molecule has 1 saturated heterocycles. The minimum absolute atomic E-state index is 0.0521. The highest BCUT2D eigenvalue weighted by atomic mass is 19.4. The number of ether oxygens (including phenoxy) is 2. The van der Waals surface area contributed by atoms with Crippen molar-refractivity contribution < 1.29 is 32.2 Å². The van der Waals surface area contributed by atoms with E-state index in [1.807, 2.05) is 6.07 Å². The van der Waals surface area contributed by atoms with Crippen LogP contribution in [0.5, 0.6) is 5.88 Å². The number of H-pyrrole nitrogens is 1. The molecule has 3 amide bonds. The third kappa shape index (κ3) is 5.21. The maximum Gasteiger partial charge on any atom is 0.417 e. The predicted molar refractivity (Wildman–Crippen MR) is 130 cm³/mol. The smallest absolute Gasteiger partial charge is 0.417 e. The monoisotopic (exact) mass is 533 g/mol. The molecule has 0 radical (unpaired) electrons. The Morgan fingerprint density at radius 1 is 1.11 bits per heavy atom. The molecule has 1 aliphatic heterocycles. The molecule has 38 heavy (non-hydrogen) atoms. The quantitative estimate of drug-likeness (QED) is 0.333. The minimum Gasteiger partial charge on any atom is -0.474 e. The van der Waals surface area contributed by atoms with Crippen molar-refractivity contribution in [1.82, 2.24) is 25.1 Å². The number of alkyl halides is 3. The third-order valence-corrected chi connectivity index (χ3v) is 6.70. The number of nitrogens with one attached hydrogen (secondary N) is 2. The number of pyridine rings is 2. The number of carbonyl (C=O) groups excluding carboxylic acids is 2. The van der Waals surface area contributed by atoms with Crippen LogP contribution >= 0.6 is 0 Å². The minimum atomic E-state index is -4.60. The molecule has 2 N–H and O–H groups in total. The highest BCUT2D eigenvalue weighted by Gasteiger charge is 2.43. The van der Waals surface area contributed by atoms with Crippen molar-refractivity contribution in [3.05, 3.63) is 36.3 Å². The van der Waals surface area contributed by atoms with E-state index >= 15 is 0 Å². The van der Waals surface area contributed by atoms with Crippen molar-refractivity contribution in [2.75, 3.05) is 37.1 Å². The highest BCUT2D eigenvalue weighted by Crippen LogP contribution is 2.34. The first-order valence-electron chi connectivity index (χ1n) is 12.1. The number of amides is 3. The summed E-state index contributed by atoms with van der Waals surface area (Å²) in [6, 6.07) is 1.87. The summed E-state index contributed by atoms with van der Waals surface area (Å²) in [6.45, 7) is 0.471. The van der Waals surface area contributed by atoms with Crippen LogP contribution in [0.4, 0.5) is 29.3 Å². The summed E-state index contributed by atoms with van der Waals surface area (Å²) in [7, 11) is 1.59. The Labute approximate surface area is 215 Å². The molecule has 202 valence electrons. The summed E-state index contributed by atoms with van der Waals surface area (Å²) in [5, 5.41) is 11.2. The van der Waals surface area contributed by atoms with Gasteiger partial charge in [-0.1, -0.05) is 0 Å². The number of urea groups is 1. The summed E-state index contributed by atoms with van der Waals surface area (Å²) in [5.74, 6) is 0.00271. The molecule has 14 heteroatoms. The lowest BCUT2D eigenvalue weighted by Crippen LogP contribution is -2.44. The molecule has 1 aliphatic carbocycles. The SMILES string of the molecule is COCCOc1n[nH]c2ncc(NC3CCC(N4C(=O)CN(c5cncc(C(F)(F)F)c5)C4=O)CC3)cc12. The zero-order chi connectivity index (χ0) is 26.9. The van der Waals surface area contributed by atoms with Gasteiger partial charge in [0, 0.05) is 25.4 Å². The number of nitrogens with zero attached hydrogens (tertiary/aromatic N) is 5. The van der Waals surface area contributed by atoms with E-state index in [1.165, 1.54) is 4.90 Å². The van der Waals surface area contributed by atoms with Gasteiger partial charge in [0.05, 0.1) is 41.3 Å². The molecular weight excluding hydrogens is 507 g/mol. The van der Waals surface area contributed by atoms with Gasteiger partial charge in [0.15, 0.2) is 5.65 Å². The summed E-state index contributed by atoms with van der Waals surface area (Å²) in [5.41, 5.74) is 0.356. The van der Waals surface area contributed by atoms with Crippen molar-refractivity contribution in [3.8, 4) is 5.88 Å². The van der Waals surface area contributed by atoms with Crippen molar-refractivity contribution in [1.29, 1.82) is 0 Å². The molecule has 1 saturated carbocycles. The van der Waals surface area contributed by atoms with E-state index in [4.69, 9.17) is 9.47 Å². The number of methoxy groups -OCH3 is 1. The van der Waals surface area contributed by atoms with E-state index in [0.29, 0.717) is 56.6 Å². The molecule has 0 aromatic carbocycles. The fraction of sp³-hybridized carbons (Fsp3) is 0.458. The molecule has 4 heterocycles. The van der Waals surface area contributed by atoms with Crippen LogP contribution in [0.2, 0.25) is 0 Å². The molecule has 3 aromatic rings. The van der Waals surface area contributed by atoms with Crippen LogP contribution in [-0.4, -0.2) is 76.0 Å². The largest absolute Gasteiger partial charge is 0.474 e.